The first kappa shape index (κ1) is 12.6. The van der Waals surface area contributed by atoms with Crippen LogP contribution >= 0.6 is 15.9 Å². The van der Waals surface area contributed by atoms with E-state index < -0.39 is 0 Å². The quantitative estimate of drug-likeness (QED) is 0.792. The monoisotopic (exact) mass is 325 g/mol. The number of aromatic nitrogens is 1. The molecule has 4 nitrogen and oxygen atoms in total. The predicted octanol–water partition coefficient (Wildman–Crippen LogP) is 2.16. The van der Waals surface area contributed by atoms with E-state index in [0.29, 0.717) is 21.1 Å². The second kappa shape index (κ2) is 4.94. The highest BCUT2D eigenvalue weighted by Crippen LogP contribution is 2.24. The number of hydrogen-bond acceptors (Lipinski definition) is 2. The number of nitrogens with one attached hydrogen (secondary N) is 3. The van der Waals surface area contributed by atoms with E-state index in [1.54, 1.807) is 12.1 Å². The van der Waals surface area contributed by atoms with Crippen LogP contribution in [-0.2, 0) is 0 Å². The molecule has 0 saturated carbocycles. The number of halogens is 2. The van der Waals surface area contributed by atoms with Gasteiger partial charge >= 0.3 is 0 Å². The second-order valence-electron chi connectivity index (χ2n) is 4.70. The van der Waals surface area contributed by atoms with Crippen LogP contribution in [0.4, 0.5) is 4.39 Å². The molecule has 1 aromatic carbocycles. The first-order valence-corrected chi connectivity index (χ1v) is 6.92. The van der Waals surface area contributed by atoms with Crippen LogP contribution in [0.1, 0.15) is 16.9 Å². The first-order chi connectivity index (χ1) is 9.13. The summed E-state index contributed by atoms with van der Waals surface area (Å²) in [6.07, 6.45) is 0.922. The zero-order valence-corrected chi connectivity index (χ0v) is 11.7. The summed E-state index contributed by atoms with van der Waals surface area (Å²) >= 11 is 3.23. The van der Waals surface area contributed by atoms with E-state index in [1.165, 1.54) is 6.07 Å². The second-order valence-corrected chi connectivity index (χ2v) is 5.61. The SMILES string of the molecule is O=C(N[C@@H]1CCNC1)c1cc2c(F)cc(Br)cc2[nH]1. The van der Waals surface area contributed by atoms with Crippen LogP contribution in [-0.4, -0.2) is 30.0 Å². The van der Waals surface area contributed by atoms with Crippen LogP contribution in [0.2, 0.25) is 0 Å². The summed E-state index contributed by atoms with van der Waals surface area (Å²) in [6, 6.07) is 4.84. The Morgan fingerprint density at radius 3 is 3.00 bits per heavy atom. The third-order valence-corrected chi connectivity index (χ3v) is 3.75. The molecule has 1 aromatic heterocycles. The minimum absolute atomic E-state index is 0.149. The van der Waals surface area contributed by atoms with Crippen molar-refractivity contribution in [1.82, 2.24) is 15.6 Å². The number of fused-ring (bicyclic) bond motifs is 1. The van der Waals surface area contributed by atoms with E-state index in [9.17, 15) is 9.18 Å². The number of aromatic amines is 1. The maximum absolute atomic E-state index is 13.7. The predicted molar refractivity (Wildman–Crippen MR) is 74.7 cm³/mol. The molecule has 6 heteroatoms. The lowest BCUT2D eigenvalue weighted by Gasteiger charge is -2.09. The van der Waals surface area contributed by atoms with E-state index in [1.807, 2.05) is 0 Å². The van der Waals surface area contributed by atoms with Crippen LogP contribution in [0.5, 0.6) is 0 Å². The fourth-order valence-corrected chi connectivity index (χ4v) is 2.75. The molecular weight excluding hydrogens is 313 g/mol. The van der Waals surface area contributed by atoms with Crippen molar-refractivity contribution >= 4 is 32.7 Å². The molecule has 3 rings (SSSR count). The van der Waals surface area contributed by atoms with E-state index in [0.717, 1.165) is 19.5 Å². The summed E-state index contributed by atoms with van der Waals surface area (Å²) in [7, 11) is 0. The average Bonchev–Trinajstić information content (AvgIpc) is 2.97. The van der Waals surface area contributed by atoms with Crippen molar-refractivity contribution in [3.63, 3.8) is 0 Å². The van der Waals surface area contributed by atoms with Gasteiger partial charge in [-0.1, -0.05) is 15.9 Å². The molecule has 1 fully saturated rings. The highest BCUT2D eigenvalue weighted by Gasteiger charge is 2.19. The molecule has 1 amide bonds. The van der Waals surface area contributed by atoms with Crippen LogP contribution in [0, 0.1) is 5.82 Å². The fraction of sp³-hybridized carbons (Fsp3) is 0.308. The van der Waals surface area contributed by atoms with Crippen molar-refractivity contribution in [2.24, 2.45) is 0 Å². The Hall–Kier alpha value is -1.40. The molecule has 0 aliphatic carbocycles. The maximum atomic E-state index is 13.7. The van der Waals surface area contributed by atoms with Crippen LogP contribution in [0.3, 0.4) is 0 Å². The van der Waals surface area contributed by atoms with Crippen LogP contribution < -0.4 is 10.6 Å². The van der Waals surface area contributed by atoms with E-state index in [-0.39, 0.29) is 17.8 Å². The molecule has 2 heterocycles. The smallest absolute Gasteiger partial charge is 0.267 e. The average molecular weight is 326 g/mol. The number of benzene rings is 1. The Balaban J connectivity index is 1.88. The molecule has 100 valence electrons. The number of hydrogen-bond donors (Lipinski definition) is 3. The van der Waals surface area contributed by atoms with E-state index >= 15 is 0 Å². The topological polar surface area (TPSA) is 56.9 Å². The lowest BCUT2D eigenvalue weighted by atomic mass is 10.2. The third-order valence-electron chi connectivity index (χ3n) is 3.29. The fourth-order valence-electron chi connectivity index (χ4n) is 2.32. The molecule has 0 unspecified atom stereocenters. The summed E-state index contributed by atoms with van der Waals surface area (Å²) in [4.78, 5) is 15.0. The van der Waals surface area contributed by atoms with Gasteiger partial charge in [0.1, 0.15) is 11.5 Å². The van der Waals surface area contributed by atoms with Crippen molar-refractivity contribution < 1.29 is 9.18 Å². The first-order valence-electron chi connectivity index (χ1n) is 6.13. The number of amides is 1. The van der Waals surface area contributed by atoms with Crippen LogP contribution in [0.25, 0.3) is 10.9 Å². The van der Waals surface area contributed by atoms with Gasteiger partial charge in [0.25, 0.3) is 5.91 Å². The van der Waals surface area contributed by atoms with Crippen molar-refractivity contribution in [2.45, 2.75) is 12.5 Å². The molecule has 3 N–H and O–H groups in total. The van der Waals surface area contributed by atoms with Crippen molar-refractivity contribution in [3.05, 3.63) is 34.2 Å². The van der Waals surface area contributed by atoms with Gasteiger partial charge in [0.2, 0.25) is 0 Å². The molecular formula is C13H13BrFN3O. The van der Waals surface area contributed by atoms with Crippen molar-refractivity contribution in [2.75, 3.05) is 13.1 Å². The van der Waals surface area contributed by atoms with Crippen molar-refractivity contribution in [3.8, 4) is 0 Å². The molecule has 2 aromatic rings. The molecule has 1 aliphatic rings. The van der Waals surface area contributed by atoms with Gasteiger partial charge in [-0.2, -0.15) is 0 Å². The molecule has 0 radical (unpaired) electrons. The van der Waals surface area contributed by atoms with E-state index in [2.05, 4.69) is 31.5 Å². The Bertz CT molecular complexity index is 634. The highest BCUT2D eigenvalue weighted by molar-refractivity contribution is 9.10. The molecule has 0 spiro atoms. The van der Waals surface area contributed by atoms with Crippen molar-refractivity contribution in [1.29, 1.82) is 0 Å². The number of H-pyrrole nitrogens is 1. The Labute approximate surface area is 117 Å². The van der Waals surface area contributed by atoms with Gasteiger partial charge in [-0.05, 0) is 31.2 Å². The Morgan fingerprint density at radius 2 is 2.26 bits per heavy atom. The standard InChI is InChI=1S/C13H13BrFN3O/c14-7-3-10(15)9-5-12(18-11(9)4-7)13(19)17-8-1-2-16-6-8/h3-5,8,16,18H,1-2,6H2,(H,17,19)/t8-/m1/s1. The number of carbonyl (C=O) groups excluding carboxylic acids is 1. The summed E-state index contributed by atoms with van der Waals surface area (Å²) in [5.74, 6) is -0.539. The van der Waals surface area contributed by atoms with Gasteiger partial charge in [-0.25, -0.2) is 4.39 Å². The van der Waals surface area contributed by atoms with Gasteiger partial charge < -0.3 is 15.6 Å². The van der Waals surface area contributed by atoms with Gasteiger partial charge in [-0.3, -0.25) is 4.79 Å². The summed E-state index contributed by atoms with van der Waals surface area (Å²) in [5, 5.41) is 6.53. The zero-order chi connectivity index (χ0) is 13.4. The van der Waals surface area contributed by atoms with Gasteiger partial charge in [0.15, 0.2) is 0 Å². The van der Waals surface area contributed by atoms with E-state index in [4.69, 9.17) is 0 Å². The number of rotatable bonds is 2. The summed E-state index contributed by atoms with van der Waals surface area (Å²) in [5.41, 5.74) is 1.00. The minimum atomic E-state index is -0.345. The Kier molecular flexibility index (Phi) is 3.28. The number of carbonyl (C=O) groups is 1. The molecule has 1 aliphatic heterocycles. The zero-order valence-electron chi connectivity index (χ0n) is 10.1. The third kappa shape index (κ3) is 2.50. The lowest BCUT2D eigenvalue weighted by molar-refractivity contribution is 0.0936. The van der Waals surface area contributed by atoms with Gasteiger partial charge in [0.05, 0.1) is 5.52 Å². The summed E-state index contributed by atoms with van der Waals surface area (Å²) < 4.78 is 14.4. The minimum Gasteiger partial charge on any atom is -0.350 e. The van der Waals surface area contributed by atoms with Crippen LogP contribution in [0.15, 0.2) is 22.7 Å². The Morgan fingerprint density at radius 1 is 1.42 bits per heavy atom. The maximum Gasteiger partial charge on any atom is 0.267 e. The molecule has 1 atom stereocenters. The molecule has 1 saturated heterocycles. The highest BCUT2D eigenvalue weighted by atomic mass is 79.9. The molecule has 19 heavy (non-hydrogen) atoms. The largest absolute Gasteiger partial charge is 0.350 e. The van der Waals surface area contributed by atoms with Gasteiger partial charge in [-0.15, -0.1) is 0 Å². The van der Waals surface area contributed by atoms with Gasteiger partial charge in [0, 0.05) is 22.4 Å². The molecule has 0 bridgehead atoms. The summed E-state index contributed by atoms with van der Waals surface area (Å²) in [6.45, 7) is 1.70. The lowest BCUT2D eigenvalue weighted by Crippen LogP contribution is -2.36. The normalized spacial score (nSPS) is 18.9.